The first kappa shape index (κ1) is 19.4. The van der Waals surface area contributed by atoms with Gasteiger partial charge in [0.15, 0.2) is 0 Å². The highest BCUT2D eigenvalue weighted by molar-refractivity contribution is 7.78. The van der Waals surface area contributed by atoms with Crippen molar-refractivity contribution >= 4 is 29.4 Å². The molecule has 0 aromatic heterocycles. The van der Waals surface area contributed by atoms with Crippen molar-refractivity contribution in [3.8, 4) is 0 Å². The van der Waals surface area contributed by atoms with Crippen molar-refractivity contribution in [1.82, 2.24) is 0 Å². The van der Waals surface area contributed by atoms with Crippen LogP contribution in [-0.4, -0.2) is 6.66 Å². The van der Waals surface area contributed by atoms with Crippen molar-refractivity contribution in [2.75, 3.05) is 6.66 Å². The summed E-state index contributed by atoms with van der Waals surface area (Å²) < 4.78 is 13.8. The zero-order valence-corrected chi connectivity index (χ0v) is 17.0. The Morgan fingerprint density at radius 3 is 2.11 bits per heavy atom. The molecule has 3 aromatic rings. The van der Waals surface area contributed by atoms with Crippen LogP contribution in [0.3, 0.4) is 0 Å². The van der Waals surface area contributed by atoms with E-state index in [0.717, 1.165) is 35.4 Å². The van der Waals surface area contributed by atoms with E-state index in [0.29, 0.717) is 0 Å². The Morgan fingerprint density at radius 1 is 0.852 bits per heavy atom. The minimum Gasteiger partial charge on any atom is -0.314 e. The maximum atomic E-state index is 13.8. The molecular weight excluding hydrogens is 347 g/mol. The molecule has 0 N–H and O–H groups in total. The van der Waals surface area contributed by atoms with E-state index in [1.807, 2.05) is 55.2 Å². The van der Waals surface area contributed by atoms with Crippen LogP contribution in [0.2, 0.25) is 0 Å². The van der Waals surface area contributed by atoms with Gasteiger partial charge >= 0.3 is 0 Å². The molecule has 0 aliphatic carbocycles. The molecule has 0 bridgehead atoms. The number of hydrogen-bond donors (Lipinski definition) is 0. The van der Waals surface area contributed by atoms with Gasteiger partial charge in [-0.2, -0.15) is 0 Å². The van der Waals surface area contributed by atoms with Crippen LogP contribution in [-0.2, 0) is 4.57 Å². The lowest BCUT2D eigenvalue weighted by molar-refractivity contribution is 0.590. The number of benzene rings is 3. The van der Waals surface area contributed by atoms with Gasteiger partial charge in [0.05, 0.1) is 0 Å². The standard InChI is InChI=1S/C25H27OP/c1-3-4-15-22(20-21-13-7-5-8-14-21)24-18-11-12-19-25(24)27(2,26)23-16-9-6-10-17-23/h5-14,16-20H,3-4,15H2,1-2H3/b22-20+. The largest absolute Gasteiger partial charge is 0.314 e. The van der Waals surface area contributed by atoms with E-state index in [1.54, 1.807) is 0 Å². The van der Waals surface area contributed by atoms with Gasteiger partial charge in [0, 0.05) is 10.6 Å². The molecule has 3 aromatic carbocycles. The summed E-state index contributed by atoms with van der Waals surface area (Å²) in [5.74, 6) is 0. The van der Waals surface area contributed by atoms with E-state index >= 15 is 0 Å². The highest BCUT2D eigenvalue weighted by Crippen LogP contribution is 2.41. The van der Waals surface area contributed by atoms with Gasteiger partial charge in [-0.15, -0.1) is 0 Å². The van der Waals surface area contributed by atoms with E-state index < -0.39 is 7.14 Å². The van der Waals surface area contributed by atoms with Crippen molar-refractivity contribution in [3.63, 3.8) is 0 Å². The summed E-state index contributed by atoms with van der Waals surface area (Å²) in [5.41, 5.74) is 3.56. The maximum Gasteiger partial charge on any atom is 0.140 e. The molecule has 0 saturated heterocycles. The van der Waals surface area contributed by atoms with Gasteiger partial charge in [-0.05, 0) is 36.2 Å². The molecule has 138 valence electrons. The van der Waals surface area contributed by atoms with Gasteiger partial charge in [-0.25, -0.2) is 0 Å². The van der Waals surface area contributed by atoms with Crippen molar-refractivity contribution < 1.29 is 4.57 Å². The number of hydrogen-bond acceptors (Lipinski definition) is 1. The topological polar surface area (TPSA) is 17.1 Å². The Morgan fingerprint density at radius 2 is 1.44 bits per heavy atom. The summed E-state index contributed by atoms with van der Waals surface area (Å²) >= 11 is 0. The summed E-state index contributed by atoms with van der Waals surface area (Å²) in [6.07, 6.45) is 5.49. The van der Waals surface area contributed by atoms with E-state index in [2.05, 4.69) is 49.4 Å². The molecule has 0 spiro atoms. The molecule has 0 heterocycles. The summed E-state index contributed by atoms with van der Waals surface area (Å²) in [4.78, 5) is 0. The minimum absolute atomic E-state index is 0.909. The Hall–Kier alpha value is -2.37. The third-order valence-corrected chi connectivity index (χ3v) is 7.49. The normalized spacial score (nSPS) is 13.9. The Bertz CT molecular complexity index is 942. The molecule has 0 fully saturated rings. The first-order valence-corrected chi connectivity index (χ1v) is 11.8. The molecule has 3 rings (SSSR count). The number of allylic oxidation sites excluding steroid dienone is 1. The van der Waals surface area contributed by atoms with Crippen LogP contribution in [0.4, 0.5) is 0 Å². The van der Waals surface area contributed by atoms with Gasteiger partial charge in [0.25, 0.3) is 0 Å². The van der Waals surface area contributed by atoms with Gasteiger partial charge < -0.3 is 4.57 Å². The van der Waals surface area contributed by atoms with Crippen molar-refractivity contribution in [1.29, 1.82) is 0 Å². The lowest BCUT2D eigenvalue weighted by Gasteiger charge is -2.20. The Labute approximate surface area is 163 Å². The molecule has 0 radical (unpaired) electrons. The lowest BCUT2D eigenvalue weighted by atomic mass is 9.98. The Balaban J connectivity index is 2.12. The van der Waals surface area contributed by atoms with E-state index in [1.165, 1.54) is 11.1 Å². The summed E-state index contributed by atoms with van der Waals surface area (Å²) in [6, 6.07) is 28.5. The highest BCUT2D eigenvalue weighted by Gasteiger charge is 2.24. The molecule has 1 nitrogen and oxygen atoms in total. The van der Waals surface area contributed by atoms with Crippen molar-refractivity contribution in [2.45, 2.75) is 26.2 Å². The third kappa shape index (κ3) is 4.67. The average Bonchev–Trinajstić information content (AvgIpc) is 2.72. The molecule has 0 saturated carbocycles. The second-order valence-electron chi connectivity index (χ2n) is 6.96. The average molecular weight is 374 g/mol. The molecule has 0 aliphatic heterocycles. The molecule has 1 unspecified atom stereocenters. The van der Waals surface area contributed by atoms with Crippen molar-refractivity contribution in [2.24, 2.45) is 0 Å². The van der Waals surface area contributed by atoms with Crippen LogP contribution < -0.4 is 10.6 Å². The predicted octanol–water partition coefficient (Wildman–Crippen LogP) is 6.36. The first-order valence-electron chi connectivity index (χ1n) is 9.61. The zero-order chi connectivity index (χ0) is 19.1. The molecule has 0 aliphatic rings. The van der Waals surface area contributed by atoms with Crippen LogP contribution in [0, 0.1) is 0 Å². The SMILES string of the molecule is CCCC/C(=C\c1ccccc1)c1ccccc1P(C)(=O)c1ccccc1. The van der Waals surface area contributed by atoms with E-state index in [4.69, 9.17) is 0 Å². The van der Waals surface area contributed by atoms with Crippen LogP contribution in [0.1, 0.15) is 37.3 Å². The van der Waals surface area contributed by atoms with Crippen molar-refractivity contribution in [3.05, 3.63) is 96.1 Å². The maximum absolute atomic E-state index is 13.8. The van der Waals surface area contributed by atoms with Crippen LogP contribution >= 0.6 is 7.14 Å². The van der Waals surface area contributed by atoms with Crippen LogP contribution in [0.15, 0.2) is 84.9 Å². The Kier molecular flexibility index (Phi) is 6.48. The molecular formula is C25H27OP. The van der Waals surface area contributed by atoms with Gasteiger partial charge in [-0.3, -0.25) is 0 Å². The smallest absolute Gasteiger partial charge is 0.140 e. The fourth-order valence-corrected chi connectivity index (χ4v) is 5.44. The minimum atomic E-state index is -2.67. The summed E-state index contributed by atoms with van der Waals surface area (Å²) in [7, 11) is -2.67. The van der Waals surface area contributed by atoms with Crippen LogP contribution in [0.25, 0.3) is 11.6 Å². The monoisotopic (exact) mass is 374 g/mol. The fraction of sp³-hybridized carbons (Fsp3) is 0.200. The summed E-state index contributed by atoms with van der Waals surface area (Å²) in [6.45, 7) is 4.10. The quantitative estimate of drug-likeness (QED) is 0.347. The first-order chi connectivity index (χ1) is 13.1. The molecule has 2 heteroatoms. The molecule has 1 atom stereocenters. The van der Waals surface area contributed by atoms with E-state index in [9.17, 15) is 4.57 Å². The van der Waals surface area contributed by atoms with Crippen LogP contribution in [0.5, 0.6) is 0 Å². The highest BCUT2D eigenvalue weighted by atomic mass is 31.2. The lowest BCUT2D eigenvalue weighted by Crippen LogP contribution is -2.18. The third-order valence-electron chi connectivity index (χ3n) is 4.90. The molecule has 27 heavy (non-hydrogen) atoms. The second kappa shape index (κ2) is 9.02. The zero-order valence-electron chi connectivity index (χ0n) is 16.1. The fourth-order valence-electron chi connectivity index (χ4n) is 3.37. The number of rotatable bonds is 7. The van der Waals surface area contributed by atoms with E-state index in [-0.39, 0.29) is 0 Å². The predicted molar refractivity (Wildman–Crippen MR) is 120 cm³/mol. The number of unbranched alkanes of at least 4 members (excludes halogenated alkanes) is 1. The molecule has 0 amide bonds. The van der Waals surface area contributed by atoms with Gasteiger partial charge in [0.1, 0.15) is 7.14 Å². The van der Waals surface area contributed by atoms with Gasteiger partial charge in [0.2, 0.25) is 0 Å². The summed E-state index contributed by atoms with van der Waals surface area (Å²) in [5, 5.41) is 1.86. The van der Waals surface area contributed by atoms with Gasteiger partial charge in [-0.1, -0.05) is 104 Å². The second-order valence-corrected chi connectivity index (χ2v) is 9.81.